The Labute approximate surface area is 80.8 Å². The predicted octanol–water partition coefficient (Wildman–Crippen LogP) is 2.52. The van der Waals surface area contributed by atoms with Gasteiger partial charge in [0.15, 0.2) is 0 Å². The van der Waals surface area contributed by atoms with E-state index in [0.717, 1.165) is 0 Å². The lowest BCUT2D eigenvalue weighted by atomic mass is 10.1. The van der Waals surface area contributed by atoms with Gasteiger partial charge in [-0.25, -0.2) is 0 Å². The van der Waals surface area contributed by atoms with Crippen molar-refractivity contribution in [2.75, 3.05) is 0 Å². The molecule has 0 aliphatic rings. The molecular weight excluding hydrogens is 178 g/mol. The zero-order valence-electron chi connectivity index (χ0n) is 7.27. The van der Waals surface area contributed by atoms with Crippen LogP contribution in [0, 0.1) is 11.3 Å². The first-order valence-electron chi connectivity index (χ1n) is 4.08. The third-order valence-electron chi connectivity index (χ3n) is 1.91. The van der Waals surface area contributed by atoms with E-state index in [9.17, 15) is 5.11 Å². The van der Waals surface area contributed by atoms with Gasteiger partial charge in [0.25, 0.3) is 0 Å². The minimum atomic E-state index is 0.121. The van der Waals surface area contributed by atoms with Crippen molar-refractivity contribution in [3.63, 3.8) is 0 Å². The quantitative estimate of drug-likeness (QED) is 0.742. The molecule has 68 valence electrons. The van der Waals surface area contributed by atoms with Crippen molar-refractivity contribution < 1.29 is 9.52 Å². The fourth-order valence-electron chi connectivity index (χ4n) is 1.27. The molecule has 0 amide bonds. The van der Waals surface area contributed by atoms with Crippen LogP contribution in [-0.2, 0) is 0 Å². The van der Waals surface area contributed by atoms with Crippen LogP contribution in [0.4, 0.5) is 0 Å². The highest BCUT2D eigenvalue weighted by atomic mass is 16.3. The second kappa shape index (κ2) is 3.27. The van der Waals surface area contributed by atoms with Crippen LogP contribution >= 0.6 is 0 Å². The van der Waals surface area contributed by atoms with Gasteiger partial charge in [0.05, 0.1) is 17.9 Å². The van der Waals surface area contributed by atoms with Crippen molar-refractivity contribution in [3.05, 3.63) is 42.2 Å². The summed E-state index contributed by atoms with van der Waals surface area (Å²) in [5.41, 5.74) is 1.09. The number of aromatic hydroxyl groups is 1. The summed E-state index contributed by atoms with van der Waals surface area (Å²) in [6.45, 7) is 0. The summed E-state index contributed by atoms with van der Waals surface area (Å²) in [4.78, 5) is 0. The van der Waals surface area contributed by atoms with Crippen molar-refractivity contribution in [1.82, 2.24) is 0 Å². The maximum Gasteiger partial charge on any atom is 0.135 e. The second-order valence-electron chi connectivity index (χ2n) is 2.82. The molecule has 3 nitrogen and oxygen atoms in total. The van der Waals surface area contributed by atoms with Crippen LogP contribution in [0.3, 0.4) is 0 Å². The maximum absolute atomic E-state index is 9.28. The fraction of sp³-hybridized carbons (Fsp3) is 0. The Bertz CT molecular complexity index is 480. The van der Waals surface area contributed by atoms with Gasteiger partial charge < -0.3 is 9.52 Å². The van der Waals surface area contributed by atoms with E-state index >= 15 is 0 Å². The Morgan fingerprint density at radius 1 is 1.29 bits per heavy atom. The Morgan fingerprint density at radius 3 is 2.79 bits per heavy atom. The SMILES string of the molecule is N#Cc1ccc(O)cc1-c1ccco1. The largest absolute Gasteiger partial charge is 0.508 e. The van der Waals surface area contributed by atoms with Gasteiger partial charge in [-0.05, 0) is 30.3 Å². The fourth-order valence-corrected chi connectivity index (χ4v) is 1.27. The zero-order valence-corrected chi connectivity index (χ0v) is 7.27. The summed E-state index contributed by atoms with van der Waals surface area (Å²) in [5.74, 6) is 0.702. The third-order valence-corrected chi connectivity index (χ3v) is 1.91. The Hall–Kier alpha value is -2.21. The highest BCUT2D eigenvalue weighted by Crippen LogP contribution is 2.27. The molecule has 3 heteroatoms. The summed E-state index contributed by atoms with van der Waals surface area (Å²) in [6, 6.07) is 10.1. The molecule has 0 saturated carbocycles. The van der Waals surface area contributed by atoms with Crippen LogP contribution in [0.25, 0.3) is 11.3 Å². The van der Waals surface area contributed by atoms with Crippen molar-refractivity contribution in [1.29, 1.82) is 5.26 Å². The molecule has 2 rings (SSSR count). The topological polar surface area (TPSA) is 57.2 Å². The molecule has 0 aliphatic carbocycles. The summed E-state index contributed by atoms with van der Waals surface area (Å²) in [7, 11) is 0. The number of phenols is 1. The first kappa shape index (κ1) is 8.39. The van der Waals surface area contributed by atoms with E-state index in [4.69, 9.17) is 9.68 Å². The average Bonchev–Trinajstić information content (AvgIpc) is 2.70. The molecule has 1 heterocycles. The van der Waals surface area contributed by atoms with E-state index in [1.165, 1.54) is 18.4 Å². The van der Waals surface area contributed by atoms with Crippen molar-refractivity contribution in [2.24, 2.45) is 0 Å². The summed E-state index contributed by atoms with van der Waals surface area (Å²) in [6.07, 6.45) is 1.53. The van der Waals surface area contributed by atoms with E-state index in [0.29, 0.717) is 16.9 Å². The molecule has 14 heavy (non-hydrogen) atoms. The van der Waals surface area contributed by atoms with Crippen LogP contribution in [0.5, 0.6) is 5.75 Å². The van der Waals surface area contributed by atoms with E-state index in [1.54, 1.807) is 18.2 Å². The Morgan fingerprint density at radius 2 is 2.14 bits per heavy atom. The van der Waals surface area contributed by atoms with Gasteiger partial charge in [-0.15, -0.1) is 0 Å². The standard InChI is InChI=1S/C11H7NO2/c12-7-8-3-4-9(13)6-10(8)11-2-1-5-14-11/h1-6,13H. The number of benzene rings is 1. The number of nitrogens with zero attached hydrogens (tertiary/aromatic N) is 1. The highest BCUT2D eigenvalue weighted by molar-refractivity contribution is 5.67. The first-order valence-corrected chi connectivity index (χ1v) is 4.08. The number of nitriles is 1. The smallest absolute Gasteiger partial charge is 0.135 e. The van der Waals surface area contributed by atoms with E-state index in [-0.39, 0.29) is 5.75 Å². The van der Waals surface area contributed by atoms with Gasteiger partial charge in [0.2, 0.25) is 0 Å². The molecule has 0 unspecified atom stereocenters. The van der Waals surface area contributed by atoms with Crippen molar-refractivity contribution in [2.45, 2.75) is 0 Å². The number of hydrogen-bond acceptors (Lipinski definition) is 3. The van der Waals surface area contributed by atoms with Crippen LogP contribution < -0.4 is 0 Å². The minimum Gasteiger partial charge on any atom is -0.508 e. The van der Waals surface area contributed by atoms with Gasteiger partial charge in [0, 0.05) is 5.56 Å². The van der Waals surface area contributed by atoms with Crippen LogP contribution in [0.1, 0.15) is 5.56 Å². The molecule has 0 radical (unpaired) electrons. The molecule has 0 spiro atoms. The molecule has 1 aromatic carbocycles. The molecule has 2 aromatic rings. The van der Waals surface area contributed by atoms with Gasteiger partial charge in [-0.3, -0.25) is 0 Å². The molecule has 0 atom stereocenters. The van der Waals surface area contributed by atoms with Crippen molar-refractivity contribution >= 4 is 0 Å². The monoisotopic (exact) mass is 185 g/mol. The van der Waals surface area contributed by atoms with Gasteiger partial charge >= 0.3 is 0 Å². The lowest BCUT2D eigenvalue weighted by molar-refractivity contribution is 0.475. The summed E-state index contributed by atoms with van der Waals surface area (Å²) in [5, 5.41) is 18.1. The highest BCUT2D eigenvalue weighted by Gasteiger charge is 2.07. The second-order valence-corrected chi connectivity index (χ2v) is 2.82. The molecule has 0 aliphatic heterocycles. The molecular formula is C11H7NO2. The average molecular weight is 185 g/mol. The van der Waals surface area contributed by atoms with E-state index in [2.05, 4.69) is 0 Å². The lowest BCUT2D eigenvalue weighted by Gasteiger charge is -2.00. The maximum atomic E-state index is 9.28. The normalized spacial score (nSPS) is 9.64. The van der Waals surface area contributed by atoms with Gasteiger partial charge in [-0.1, -0.05) is 0 Å². The zero-order chi connectivity index (χ0) is 9.97. The third kappa shape index (κ3) is 1.34. The number of hydrogen-bond donors (Lipinski definition) is 1. The molecule has 1 aromatic heterocycles. The van der Waals surface area contributed by atoms with Gasteiger partial charge in [0.1, 0.15) is 11.5 Å². The molecule has 0 fully saturated rings. The van der Waals surface area contributed by atoms with Crippen LogP contribution in [0.2, 0.25) is 0 Å². The minimum absolute atomic E-state index is 0.121. The lowest BCUT2D eigenvalue weighted by Crippen LogP contribution is -1.81. The molecule has 1 N–H and O–H groups in total. The molecule has 0 saturated heterocycles. The summed E-state index contributed by atoms with van der Waals surface area (Å²) >= 11 is 0. The van der Waals surface area contributed by atoms with Crippen molar-refractivity contribution in [3.8, 4) is 23.1 Å². The Kier molecular flexibility index (Phi) is 1.96. The first-order chi connectivity index (χ1) is 6.81. The number of furan rings is 1. The predicted molar refractivity (Wildman–Crippen MR) is 50.5 cm³/mol. The Balaban J connectivity index is 2.63. The van der Waals surface area contributed by atoms with Crippen LogP contribution in [-0.4, -0.2) is 5.11 Å². The number of phenolic OH excluding ortho intramolecular Hbond substituents is 1. The van der Waals surface area contributed by atoms with Gasteiger partial charge in [-0.2, -0.15) is 5.26 Å². The van der Waals surface area contributed by atoms with Crippen LogP contribution in [0.15, 0.2) is 41.0 Å². The molecule has 0 bridgehead atoms. The van der Waals surface area contributed by atoms with E-state index in [1.807, 2.05) is 6.07 Å². The number of rotatable bonds is 1. The summed E-state index contributed by atoms with van der Waals surface area (Å²) < 4.78 is 5.15. The van der Waals surface area contributed by atoms with E-state index < -0.39 is 0 Å².